The van der Waals surface area contributed by atoms with Crippen molar-refractivity contribution in [1.29, 1.82) is 0 Å². The molecule has 0 radical (unpaired) electrons. The van der Waals surface area contributed by atoms with Gasteiger partial charge in [0.1, 0.15) is 17.5 Å². The second-order valence-corrected chi connectivity index (χ2v) is 8.61. The lowest BCUT2D eigenvalue weighted by Gasteiger charge is -2.36. The Labute approximate surface area is 160 Å². The highest BCUT2D eigenvalue weighted by Crippen LogP contribution is 2.52. The molecule has 2 bridgehead atoms. The molecule has 2 aromatic rings. The molecule has 0 unspecified atom stereocenters. The highest BCUT2D eigenvalue weighted by molar-refractivity contribution is 5.54. The fourth-order valence-electron chi connectivity index (χ4n) is 5.38. The van der Waals surface area contributed by atoms with Crippen LogP contribution in [0.3, 0.4) is 0 Å². The van der Waals surface area contributed by atoms with E-state index < -0.39 is 0 Å². The van der Waals surface area contributed by atoms with Gasteiger partial charge in [-0.3, -0.25) is 0 Å². The Hall–Kier alpha value is -2.15. The predicted molar refractivity (Wildman–Crippen MR) is 107 cm³/mol. The van der Waals surface area contributed by atoms with E-state index in [1.807, 2.05) is 19.3 Å². The molecule has 144 valence electrons. The van der Waals surface area contributed by atoms with Crippen LogP contribution >= 0.6 is 0 Å². The molecule has 27 heavy (non-hydrogen) atoms. The average Bonchev–Trinajstić information content (AvgIpc) is 3.38. The maximum Gasteiger partial charge on any atom is 0.227 e. The Kier molecular flexibility index (Phi) is 4.07. The SMILES string of the molecule is CNCC12CC(C1)N(c1nccc(Nc3cn(C4CCCC4)c(C)n3)n1)C2. The van der Waals surface area contributed by atoms with E-state index in [2.05, 4.69) is 38.2 Å². The highest BCUT2D eigenvalue weighted by atomic mass is 15.3. The van der Waals surface area contributed by atoms with Gasteiger partial charge in [-0.25, -0.2) is 9.97 Å². The number of nitrogens with zero attached hydrogens (tertiary/aromatic N) is 5. The number of anilines is 3. The van der Waals surface area contributed by atoms with E-state index in [1.54, 1.807) is 0 Å². The Bertz CT molecular complexity index is 817. The molecule has 4 aliphatic rings. The average molecular weight is 368 g/mol. The van der Waals surface area contributed by atoms with Crippen molar-refractivity contribution in [3.05, 3.63) is 24.3 Å². The third-order valence-electron chi connectivity index (χ3n) is 6.63. The van der Waals surface area contributed by atoms with Gasteiger partial charge in [-0.05, 0) is 45.7 Å². The van der Waals surface area contributed by atoms with Crippen LogP contribution in [0.25, 0.3) is 0 Å². The van der Waals surface area contributed by atoms with Gasteiger partial charge in [-0.1, -0.05) is 12.8 Å². The zero-order valence-corrected chi connectivity index (χ0v) is 16.3. The minimum Gasteiger partial charge on any atom is -0.337 e. The van der Waals surface area contributed by atoms with Crippen molar-refractivity contribution >= 4 is 17.6 Å². The van der Waals surface area contributed by atoms with Gasteiger partial charge < -0.3 is 20.1 Å². The first kappa shape index (κ1) is 17.0. The lowest BCUT2D eigenvalue weighted by Crippen LogP contribution is -2.41. The zero-order valence-electron chi connectivity index (χ0n) is 16.3. The molecule has 2 N–H and O–H groups in total. The second kappa shape index (κ2) is 6.48. The summed E-state index contributed by atoms with van der Waals surface area (Å²) in [5.41, 5.74) is 0.420. The van der Waals surface area contributed by atoms with Crippen LogP contribution in [0.15, 0.2) is 18.5 Å². The molecule has 0 amide bonds. The van der Waals surface area contributed by atoms with Crippen molar-refractivity contribution in [2.75, 3.05) is 30.4 Å². The maximum atomic E-state index is 4.79. The van der Waals surface area contributed by atoms with Crippen LogP contribution < -0.4 is 15.5 Å². The third kappa shape index (κ3) is 2.98. The van der Waals surface area contributed by atoms with E-state index in [4.69, 9.17) is 9.97 Å². The molecule has 4 fully saturated rings. The van der Waals surface area contributed by atoms with Crippen molar-refractivity contribution in [3.63, 3.8) is 0 Å². The van der Waals surface area contributed by atoms with Gasteiger partial charge in [0, 0.05) is 43.0 Å². The standard InChI is InChI=1S/C20H29N7/c1-14-23-18(11-26(14)15-5-3-4-6-15)24-17-7-8-22-19(25-17)27-13-20(12-21-2)9-16(27)10-20/h7-8,11,15-16,21H,3-6,9-10,12-13H2,1-2H3,(H,22,24,25). The summed E-state index contributed by atoms with van der Waals surface area (Å²) in [6, 6.07) is 3.13. The quantitative estimate of drug-likeness (QED) is 0.818. The van der Waals surface area contributed by atoms with E-state index in [1.165, 1.54) is 38.5 Å². The molecule has 2 aromatic heterocycles. The summed E-state index contributed by atoms with van der Waals surface area (Å²) in [5, 5.41) is 6.74. The fourth-order valence-corrected chi connectivity index (χ4v) is 5.38. The van der Waals surface area contributed by atoms with E-state index in [0.717, 1.165) is 36.5 Å². The minimum atomic E-state index is 0.420. The summed E-state index contributed by atoms with van der Waals surface area (Å²) in [4.78, 5) is 16.4. The van der Waals surface area contributed by atoms with Gasteiger partial charge in [0.05, 0.1) is 0 Å². The van der Waals surface area contributed by atoms with Gasteiger partial charge in [-0.2, -0.15) is 4.98 Å². The van der Waals surface area contributed by atoms with Gasteiger partial charge in [0.2, 0.25) is 5.95 Å². The molecule has 7 nitrogen and oxygen atoms in total. The summed E-state index contributed by atoms with van der Waals surface area (Å²) < 4.78 is 2.33. The molecule has 6 rings (SSSR count). The molecule has 7 heteroatoms. The number of aromatic nitrogens is 4. The second-order valence-electron chi connectivity index (χ2n) is 8.61. The molecule has 2 saturated heterocycles. The van der Waals surface area contributed by atoms with E-state index in [0.29, 0.717) is 17.5 Å². The Morgan fingerprint density at radius 3 is 2.74 bits per heavy atom. The summed E-state index contributed by atoms with van der Waals surface area (Å²) in [6.45, 7) is 4.22. The first-order valence-electron chi connectivity index (χ1n) is 10.2. The number of aryl methyl sites for hydroxylation is 1. The van der Waals surface area contributed by atoms with E-state index in [9.17, 15) is 0 Å². The highest BCUT2D eigenvalue weighted by Gasteiger charge is 2.55. The predicted octanol–water partition coefficient (Wildman–Crippen LogP) is 3.03. The molecular formula is C20H29N7. The Morgan fingerprint density at radius 2 is 1.96 bits per heavy atom. The summed E-state index contributed by atoms with van der Waals surface area (Å²) in [6.07, 6.45) is 11.7. The van der Waals surface area contributed by atoms with Crippen LogP contribution in [0.2, 0.25) is 0 Å². The summed E-state index contributed by atoms with van der Waals surface area (Å²) >= 11 is 0. The van der Waals surface area contributed by atoms with E-state index in [-0.39, 0.29) is 0 Å². The molecule has 2 saturated carbocycles. The summed E-state index contributed by atoms with van der Waals surface area (Å²) in [5.74, 6) is 3.62. The topological polar surface area (TPSA) is 70.9 Å². The van der Waals surface area contributed by atoms with Crippen LogP contribution in [0, 0.1) is 12.3 Å². The number of rotatable bonds is 6. The number of nitrogens with one attached hydrogen (secondary N) is 2. The zero-order chi connectivity index (χ0) is 18.4. The lowest BCUT2D eigenvalue weighted by atomic mass is 9.70. The largest absolute Gasteiger partial charge is 0.337 e. The molecule has 0 aromatic carbocycles. The number of hydrogen-bond donors (Lipinski definition) is 2. The lowest BCUT2D eigenvalue weighted by molar-refractivity contribution is 0.196. The van der Waals surface area contributed by atoms with Crippen molar-refractivity contribution in [3.8, 4) is 0 Å². The van der Waals surface area contributed by atoms with Crippen LogP contribution in [0.5, 0.6) is 0 Å². The Morgan fingerprint density at radius 1 is 1.15 bits per heavy atom. The molecule has 2 aliphatic heterocycles. The maximum absolute atomic E-state index is 4.79. The van der Waals surface area contributed by atoms with Crippen molar-refractivity contribution < 1.29 is 0 Å². The van der Waals surface area contributed by atoms with Crippen LogP contribution in [0.4, 0.5) is 17.6 Å². The Balaban J connectivity index is 1.31. The van der Waals surface area contributed by atoms with Crippen molar-refractivity contribution in [2.24, 2.45) is 5.41 Å². The first-order chi connectivity index (χ1) is 13.2. The van der Waals surface area contributed by atoms with Gasteiger partial charge in [-0.15, -0.1) is 0 Å². The van der Waals surface area contributed by atoms with Crippen LogP contribution in [-0.2, 0) is 0 Å². The number of imidazole rings is 1. The van der Waals surface area contributed by atoms with Gasteiger partial charge >= 0.3 is 0 Å². The minimum absolute atomic E-state index is 0.420. The summed E-state index contributed by atoms with van der Waals surface area (Å²) in [7, 11) is 2.04. The molecule has 0 atom stereocenters. The van der Waals surface area contributed by atoms with Crippen LogP contribution in [-0.4, -0.2) is 45.7 Å². The van der Waals surface area contributed by atoms with Crippen molar-refractivity contribution in [2.45, 2.75) is 57.5 Å². The van der Waals surface area contributed by atoms with Gasteiger partial charge in [0.15, 0.2) is 0 Å². The monoisotopic (exact) mass is 367 g/mol. The first-order valence-corrected chi connectivity index (χ1v) is 10.2. The fraction of sp³-hybridized carbons (Fsp3) is 0.650. The van der Waals surface area contributed by atoms with Crippen LogP contribution in [0.1, 0.15) is 50.4 Å². The normalized spacial score (nSPS) is 27.2. The molecule has 0 spiro atoms. The number of hydrogen-bond acceptors (Lipinski definition) is 6. The van der Waals surface area contributed by atoms with Crippen molar-refractivity contribution in [1.82, 2.24) is 24.8 Å². The molecule has 2 aliphatic carbocycles. The smallest absolute Gasteiger partial charge is 0.227 e. The number of fused-ring (bicyclic) bond motifs is 1. The van der Waals surface area contributed by atoms with E-state index >= 15 is 0 Å². The molecule has 4 heterocycles. The van der Waals surface area contributed by atoms with Gasteiger partial charge in [0.25, 0.3) is 0 Å². The molecular weight excluding hydrogens is 338 g/mol. The third-order valence-corrected chi connectivity index (χ3v) is 6.63.